The molecule has 0 radical (unpaired) electrons. The lowest BCUT2D eigenvalue weighted by Crippen LogP contribution is -2.50. The van der Waals surface area contributed by atoms with Gasteiger partial charge in [-0.2, -0.15) is 0 Å². The Labute approximate surface area is 189 Å². The molecule has 6 heteroatoms. The maximum absolute atomic E-state index is 13.3. The van der Waals surface area contributed by atoms with Crippen molar-refractivity contribution in [1.82, 2.24) is 10.2 Å². The SMILES string of the molecule is COc1cccc(CN(C(=O)Cc2ccccc2Cl)C(C)C(=O)NC2CCCCC2)c1. The quantitative estimate of drug-likeness (QED) is 0.641. The number of nitrogens with one attached hydrogen (secondary N) is 1. The van der Waals surface area contributed by atoms with Gasteiger partial charge in [-0.3, -0.25) is 9.59 Å². The number of halogens is 1. The van der Waals surface area contributed by atoms with Crippen molar-refractivity contribution in [1.29, 1.82) is 0 Å². The first kappa shape index (κ1) is 23.1. The lowest BCUT2D eigenvalue weighted by molar-refractivity contribution is -0.140. The van der Waals surface area contributed by atoms with Crippen LogP contribution in [0.4, 0.5) is 0 Å². The third kappa shape index (κ3) is 6.47. The van der Waals surface area contributed by atoms with Gasteiger partial charge in [0, 0.05) is 17.6 Å². The number of hydrogen-bond donors (Lipinski definition) is 1. The van der Waals surface area contributed by atoms with Gasteiger partial charge in [0.15, 0.2) is 0 Å². The Morgan fingerprint density at radius 3 is 2.58 bits per heavy atom. The topological polar surface area (TPSA) is 58.6 Å². The highest BCUT2D eigenvalue weighted by Crippen LogP contribution is 2.21. The molecule has 1 atom stereocenters. The minimum atomic E-state index is -0.594. The highest BCUT2D eigenvalue weighted by Gasteiger charge is 2.28. The number of nitrogens with zero attached hydrogens (tertiary/aromatic N) is 1. The molecule has 5 nitrogen and oxygen atoms in total. The van der Waals surface area contributed by atoms with Crippen LogP contribution in [0.1, 0.15) is 50.2 Å². The van der Waals surface area contributed by atoms with Gasteiger partial charge in [0.25, 0.3) is 0 Å². The molecule has 1 N–H and O–H groups in total. The molecule has 1 aliphatic carbocycles. The molecule has 2 amide bonds. The van der Waals surface area contributed by atoms with Gasteiger partial charge >= 0.3 is 0 Å². The van der Waals surface area contributed by atoms with Crippen LogP contribution < -0.4 is 10.1 Å². The molecular weight excluding hydrogens is 412 g/mol. The van der Waals surface area contributed by atoms with Gasteiger partial charge in [-0.1, -0.05) is 61.2 Å². The van der Waals surface area contributed by atoms with E-state index in [1.807, 2.05) is 42.5 Å². The second-order valence-electron chi connectivity index (χ2n) is 8.16. The Bertz CT molecular complexity index is 896. The lowest BCUT2D eigenvalue weighted by Gasteiger charge is -2.31. The highest BCUT2D eigenvalue weighted by atomic mass is 35.5. The van der Waals surface area contributed by atoms with E-state index in [4.69, 9.17) is 16.3 Å². The Balaban J connectivity index is 1.78. The van der Waals surface area contributed by atoms with Gasteiger partial charge in [-0.05, 0) is 49.1 Å². The van der Waals surface area contributed by atoms with E-state index in [1.54, 1.807) is 25.0 Å². The molecule has 2 aromatic rings. The maximum Gasteiger partial charge on any atom is 0.242 e. The predicted molar refractivity (Wildman–Crippen MR) is 123 cm³/mol. The summed E-state index contributed by atoms with van der Waals surface area (Å²) in [5.41, 5.74) is 1.66. The Morgan fingerprint density at radius 2 is 1.87 bits per heavy atom. The van der Waals surface area contributed by atoms with Crippen LogP contribution >= 0.6 is 11.6 Å². The second kappa shape index (κ2) is 11.2. The summed E-state index contributed by atoms with van der Waals surface area (Å²) in [4.78, 5) is 28.0. The number of carbonyl (C=O) groups is 2. The van der Waals surface area contributed by atoms with Gasteiger partial charge in [-0.25, -0.2) is 0 Å². The highest BCUT2D eigenvalue weighted by molar-refractivity contribution is 6.31. The second-order valence-corrected chi connectivity index (χ2v) is 8.57. The van der Waals surface area contributed by atoms with Gasteiger partial charge < -0.3 is 15.0 Å². The third-order valence-electron chi connectivity index (χ3n) is 5.91. The molecule has 1 saturated carbocycles. The van der Waals surface area contributed by atoms with E-state index in [0.717, 1.165) is 42.6 Å². The molecule has 0 spiro atoms. The molecule has 0 saturated heterocycles. The van der Waals surface area contributed by atoms with Gasteiger partial charge in [-0.15, -0.1) is 0 Å². The van der Waals surface area contributed by atoms with Crippen molar-refractivity contribution in [3.05, 3.63) is 64.7 Å². The fourth-order valence-electron chi connectivity index (χ4n) is 4.03. The summed E-state index contributed by atoms with van der Waals surface area (Å²) in [6.45, 7) is 2.11. The minimum absolute atomic E-state index is 0.109. The number of carbonyl (C=O) groups excluding carboxylic acids is 2. The van der Waals surface area contributed by atoms with Gasteiger partial charge in [0.05, 0.1) is 13.5 Å². The normalized spacial score (nSPS) is 15.2. The molecule has 2 aromatic carbocycles. The van der Waals surface area contributed by atoms with E-state index in [0.29, 0.717) is 11.6 Å². The molecule has 0 aromatic heterocycles. The van der Waals surface area contributed by atoms with Gasteiger partial charge in [0.2, 0.25) is 11.8 Å². The van der Waals surface area contributed by atoms with Crippen molar-refractivity contribution in [2.24, 2.45) is 0 Å². The molecule has 1 fully saturated rings. The zero-order chi connectivity index (χ0) is 22.2. The van der Waals surface area contributed by atoms with E-state index in [1.165, 1.54) is 6.42 Å². The zero-order valence-corrected chi connectivity index (χ0v) is 19.0. The predicted octanol–water partition coefficient (Wildman–Crippen LogP) is 4.76. The van der Waals surface area contributed by atoms with Crippen LogP contribution in [0.25, 0.3) is 0 Å². The first-order valence-electron chi connectivity index (χ1n) is 10.9. The molecule has 1 aliphatic rings. The monoisotopic (exact) mass is 442 g/mol. The van der Waals surface area contributed by atoms with Crippen molar-refractivity contribution in [2.75, 3.05) is 7.11 Å². The molecule has 0 bridgehead atoms. The zero-order valence-electron chi connectivity index (χ0n) is 18.3. The number of hydrogen-bond acceptors (Lipinski definition) is 3. The number of benzene rings is 2. The number of amides is 2. The molecular formula is C25H31ClN2O3. The van der Waals surface area contributed by atoms with Crippen LogP contribution in [0.15, 0.2) is 48.5 Å². The molecule has 31 heavy (non-hydrogen) atoms. The van der Waals surface area contributed by atoms with E-state index < -0.39 is 6.04 Å². The fraction of sp³-hybridized carbons (Fsp3) is 0.440. The Hall–Kier alpha value is -2.53. The van der Waals surface area contributed by atoms with Crippen LogP contribution in [0.3, 0.4) is 0 Å². The number of methoxy groups -OCH3 is 1. The van der Waals surface area contributed by atoms with Crippen molar-refractivity contribution < 1.29 is 14.3 Å². The first-order valence-corrected chi connectivity index (χ1v) is 11.3. The Kier molecular flexibility index (Phi) is 8.35. The smallest absolute Gasteiger partial charge is 0.242 e. The van der Waals surface area contributed by atoms with E-state index in [9.17, 15) is 9.59 Å². The van der Waals surface area contributed by atoms with E-state index >= 15 is 0 Å². The third-order valence-corrected chi connectivity index (χ3v) is 6.27. The first-order chi connectivity index (χ1) is 15.0. The van der Waals surface area contributed by atoms with Crippen LogP contribution in [0, 0.1) is 0 Å². The molecule has 1 unspecified atom stereocenters. The minimum Gasteiger partial charge on any atom is -0.497 e. The average Bonchev–Trinajstić information content (AvgIpc) is 2.79. The summed E-state index contributed by atoms with van der Waals surface area (Å²) in [5.74, 6) is 0.472. The van der Waals surface area contributed by atoms with Crippen LogP contribution in [-0.2, 0) is 22.6 Å². The summed E-state index contributed by atoms with van der Waals surface area (Å²) in [7, 11) is 1.61. The largest absolute Gasteiger partial charge is 0.497 e. The van der Waals surface area contributed by atoms with E-state index in [-0.39, 0.29) is 24.3 Å². The molecule has 3 rings (SSSR count). The summed E-state index contributed by atoms with van der Waals surface area (Å²) in [6, 6.07) is 14.5. The van der Waals surface area contributed by atoms with Crippen molar-refractivity contribution in [2.45, 2.75) is 64.1 Å². The molecule has 0 aliphatic heterocycles. The summed E-state index contributed by atoms with van der Waals surface area (Å²) < 4.78 is 5.32. The maximum atomic E-state index is 13.3. The fourth-order valence-corrected chi connectivity index (χ4v) is 4.23. The Morgan fingerprint density at radius 1 is 1.13 bits per heavy atom. The summed E-state index contributed by atoms with van der Waals surface area (Å²) in [6.07, 6.45) is 5.64. The number of ether oxygens (including phenoxy) is 1. The average molecular weight is 443 g/mol. The summed E-state index contributed by atoms with van der Waals surface area (Å²) in [5, 5.41) is 3.71. The molecule has 166 valence electrons. The van der Waals surface area contributed by atoms with Crippen LogP contribution in [-0.4, -0.2) is 35.9 Å². The van der Waals surface area contributed by atoms with Crippen molar-refractivity contribution in [3.63, 3.8) is 0 Å². The standard InChI is InChI=1S/C25H31ClN2O3/c1-18(25(30)27-21-11-4-3-5-12-21)28(17-19-9-8-13-22(15-19)31-2)24(29)16-20-10-6-7-14-23(20)26/h6-10,13-15,18,21H,3-5,11-12,16-17H2,1-2H3,(H,27,30). The van der Waals surface area contributed by atoms with Crippen LogP contribution in [0.5, 0.6) is 5.75 Å². The summed E-state index contributed by atoms with van der Waals surface area (Å²) >= 11 is 6.28. The number of rotatable bonds is 8. The van der Waals surface area contributed by atoms with Crippen molar-refractivity contribution in [3.8, 4) is 5.75 Å². The lowest BCUT2D eigenvalue weighted by atomic mass is 9.95. The van der Waals surface area contributed by atoms with Gasteiger partial charge in [0.1, 0.15) is 11.8 Å². The van der Waals surface area contributed by atoms with Crippen molar-refractivity contribution >= 4 is 23.4 Å². The van der Waals surface area contributed by atoms with E-state index in [2.05, 4.69) is 5.32 Å². The van der Waals surface area contributed by atoms with Crippen LogP contribution in [0.2, 0.25) is 5.02 Å². The molecule has 0 heterocycles.